The number of likely N-dealkylation sites (tertiary alicyclic amines) is 1. The zero-order chi connectivity index (χ0) is 26.8. The number of anilines is 1. The number of nitrogens with one attached hydrogen (secondary N) is 5. The number of rotatable bonds is 6. The Kier molecular flexibility index (Phi) is 7.18. The molecule has 3 aliphatic heterocycles. The zero-order valence-electron chi connectivity index (χ0n) is 21.9. The molecule has 3 aromatic rings. The molecule has 0 bridgehead atoms. The third-order valence-electron chi connectivity index (χ3n) is 8.03. The Morgan fingerprint density at radius 2 is 1.90 bits per heavy atom. The smallest absolute Gasteiger partial charge is 0.251 e. The summed E-state index contributed by atoms with van der Waals surface area (Å²) in [6.07, 6.45) is 5.82. The van der Waals surface area contributed by atoms with Gasteiger partial charge >= 0.3 is 0 Å². The van der Waals surface area contributed by atoms with E-state index in [2.05, 4.69) is 43.7 Å². The van der Waals surface area contributed by atoms with E-state index in [1.165, 1.54) is 6.07 Å². The normalized spacial score (nSPS) is 24.4. The number of pyridine rings is 1. The van der Waals surface area contributed by atoms with E-state index in [1.54, 1.807) is 30.6 Å². The standard InChI is InChI=1S/C29H34FN7O2/c1-37-15-11-29(12-16-37,28-33-26(35-36-28)19-8-13-31-14-9-19)34-21-5-2-4-20(18-21)27(38)32-23-10-17-39-24-7-3-6-22(30)25(23)24/h2-9,13-14,18,23,26,28,33-36H,10-12,15-17H2,1H3,(H,32,38)/t23-,26?,28?/m0/s1. The highest BCUT2D eigenvalue weighted by atomic mass is 19.1. The molecular formula is C29H34FN7O2. The van der Waals surface area contributed by atoms with Crippen LogP contribution in [0, 0.1) is 5.82 Å². The fourth-order valence-electron chi connectivity index (χ4n) is 5.78. The molecular weight excluding hydrogens is 497 g/mol. The second-order valence-corrected chi connectivity index (χ2v) is 10.6. The highest BCUT2D eigenvalue weighted by Crippen LogP contribution is 2.35. The number of hydrazine groups is 1. The molecule has 0 radical (unpaired) electrons. The average Bonchev–Trinajstić information content (AvgIpc) is 3.47. The summed E-state index contributed by atoms with van der Waals surface area (Å²) >= 11 is 0. The number of piperidine rings is 1. The lowest BCUT2D eigenvalue weighted by Gasteiger charge is -2.45. The van der Waals surface area contributed by atoms with Crippen LogP contribution in [0.1, 0.15) is 53.0 Å². The lowest BCUT2D eigenvalue weighted by Crippen LogP contribution is -2.63. The molecule has 3 atom stereocenters. The Morgan fingerprint density at radius 1 is 1.10 bits per heavy atom. The Morgan fingerprint density at radius 3 is 2.72 bits per heavy atom. The molecule has 3 aliphatic rings. The predicted molar refractivity (Wildman–Crippen MR) is 146 cm³/mol. The minimum atomic E-state index is -0.442. The van der Waals surface area contributed by atoms with Crippen LogP contribution in [0.25, 0.3) is 0 Å². The van der Waals surface area contributed by atoms with Crippen molar-refractivity contribution in [3.05, 3.63) is 89.5 Å². The van der Waals surface area contributed by atoms with Gasteiger partial charge in [0.2, 0.25) is 0 Å². The number of hydrogen-bond donors (Lipinski definition) is 5. The van der Waals surface area contributed by atoms with Gasteiger partial charge in [0.15, 0.2) is 0 Å². The van der Waals surface area contributed by atoms with E-state index in [4.69, 9.17) is 4.74 Å². The first-order chi connectivity index (χ1) is 19.0. The van der Waals surface area contributed by atoms with Crippen molar-refractivity contribution >= 4 is 11.6 Å². The lowest BCUT2D eigenvalue weighted by atomic mass is 9.84. The number of ether oxygens (including phenoxy) is 1. The van der Waals surface area contributed by atoms with Crippen molar-refractivity contribution in [2.45, 2.75) is 43.2 Å². The van der Waals surface area contributed by atoms with E-state index in [0.29, 0.717) is 29.9 Å². The molecule has 2 unspecified atom stereocenters. The molecule has 0 saturated carbocycles. The van der Waals surface area contributed by atoms with Crippen molar-refractivity contribution in [2.24, 2.45) is 0 Å². The van der Waals surface area contributed by atoms with Gasteiger partial charge in [-0.15, -0.1) is 0 Å². The first kappa shape index (κ1) is 25.7. The summed E-state index contributed by atoms with van der Waals surface area (Å²) in [5, 5.41) is 10.5. The number of fused-ring (bicyclic) bond motifs is 1. The Labute approximate surface area is 227 Å². The van der Waals surface area contributed by atoms with E-state index < -0.39 is 6.04 Å². The van der Waals surface area contributed by atoms with Crippen molar-refractivity contribution in [1.82, 2.24) is 31.4 Å². The van der Waals surface area contributed by atoms with Crippen molar-refractivity contribution in [2.75, 3.05) is 32.1 Å². The highest BCUT2D eigenvalue weighted by Gasteiger charge is 2.44. The Bertz CT molecular complexity index is 1320. The zero-order valence-corrected chi connectivity index (χ0v) is 21.9. The molecule has 39 heavy (non-hydrogen) atoms. The Hall–Kier alpha value is -3.57. The number of amides is 1. The van der Waals surface area contributed by atoms with Crippen LogP contribution >= 0.6 is 0 Å². The monoisotopic (exact) mass is 531 g/mol. The minimum absolute atomic E-state index is 0.0452. The number of carbonyl (C=O) groups is 1. The van der Waals surface area contributed by atoms with Crippen molar-refractivity contribution < 1.29 is 13.9 Å². The minimum Gasteiger partial charge on any atom is -0.493 e. The maximum atomic E-state index is 14.6. The van der Waals surface area contributed by atoms with Crippen molar-refractivity contribution in [3.8, 4) is 5.75 Å². The summed E-state index contributed by atoms with van der Waals surface area (Å²) in [7, 11) is 2.14. The van der Waals surface area contributed by atoms with Crippen LogP contribution in [0.3, 0.4) is 0 Å². The van der Waals surface area contributed by atoms with E-state index in [1.807, 2.05) is 30.3 Å². The summed E-state index contributed by atoms with van der Waals surface area (Å²) < 4.78 is 20.2. The first-order valence-electron chi connectivity index (χ1n) is 13.5. The van der Waals surface area contributed by atoms with Crippen LogP contribution < -0.4 is 31.5 Å². The number of hydrogen-bond acceptors (Lipinski definition) is 8. The average molecular weight is 532 g/mol. The largest absolute Gasteiger partial charge is 0.493 e. The number of carbonyl (C=O) groups excluding carboxylic acids is 1. The second-order valence-electron chi connectivity index (χ2n) is 10.6. The van der Waals surface area contributed by atoms with Gasteiger partial charge in [-0.25, -0.2) is 15.2 Å². The molecule has 1 aromatic heterocycles. The SMILES string of the molecule is CN1CCC(Nc2cccc(C(=O)N[C@H]3CCOc4cccc(F)c43)c2)(C2NNC(c3ccncc3)N2)CC1. The van der Waals surface area contributed by atoms with Gasteiger partial charge in [-0.1, -0.05) is 12.1 Å². The molecule has 4 heterocycles. The molecule has 2 saturated heterocycles. The van der Waals surface area contributed by atoms with Crippen LogP contribution in [-0.2, 0) is 0 Å². The molecule has 0 spiro atoms. The number of nitrogens with zero attached hydrogens (tertiary/aromatic N) is 2. The quantitative estimate of drug-likeness (QED) is 0.331. The highest BCUT2D eigenvalue weighted by molar-refractivity contribution is 5.95. The van der Waals surface area contributed by atoms with Crippen molar-refractivity contribution in [3.63, 3.8) is 0 Å². The van der Waals surface area contributed by atoms with Gasteiger partial charge in [0.1, 0.15) is 11.6 Å². The molecule has 2 aromatic carbocycles. The molecule has 9 nitrogen and oxygen atoms in total. The predicted octanol–water partition coefficient (Wildman–Crippen LogP) is 3.07. The van der Waals surface area contributed by atoms with Crippen LogP contribution in [-0.4, -0.2) is 54.2 Å². The molecule has 2 fully saturated rings. The van der Waals surface area contributed by atoms with Crippen molar-refractivity contribution in [1.29, 1.82) is 0 Å². The van der Waals surface area contributed by atoms with Gasteiger partial charge in [0.25, 0.3) is 5.91 Å². The number of benzene rings is 2. The molecule has 10 heteroatoms. The maximum absolute atomic E-state index is 14.6. The van der Waals surface area contributed by atoms with Gasteiger partial charge in [-0.05, 0) is 67.9 Å². The third kappa shape index (κ3) is 5.33. The van der Waals surface area contributed by atoms with Gasteiger partial charge in [0, 0.05) is 43.2 Å². The molecule has 0 aliphatic carbocycles. The van der Waals surface area contributed by atoms with E-state index in [-0.39, 0.29) is 29.6 Å². The molecule has 6 rings (SSSR count). The van der Waals surface area contributed by atoms with E-state index in [0.717, 1.165) is 37.2 Å². The summed E-state index contributed by atoms with van der Waals surface area (Å²) in [5.41, 5.74) is 9.45. The maximum Gasteiger partial charge on any atom is 0.251 e. The fourth-order valence-corrected chi connectivity index (χ4v) is 5.78. The van der Waals surface area contributed by atoms with E-state index in [9.17, 15) is 9.18 Å². The number of halogens is 1. The second kappa shape index (κ2) is 10.9. The van der Waals surface area contributed by atoms with Crippen LogP contribution in [0.2, 0.25) is 0 Å². The van der Waals surface area contributed by atoms with E-state index >= 15 is 0 Å². The molecule has 1 amide bonds. The summed E-state index contributed by atoms with van der Waals surface area (Å²) in [6.45, 7) is 2.32. The van der Waals surface area contributed by atoms with Crippen LogP contribution in [0.5, 0.6) is 5.75 Å². The number of aromatic nitrogens is 1. The summed E-state index contributed by atoms with van der Waals surface area (Å²) in [5.74, 6) is -0.123. The van der Waals surface area contributed by atoms with Gasteiger partial charge < -0.3 is 20.3 Å². The fraction of sp³-hybridized carbons (Fsp3) is 0.379. The summed E-state index contributed by atoms with van der Waals surface area (Å²) in [4.78, 5) is 19.8. The molecule has 204 valence electrons. The topological polar surface area (TPSA) is 103 Å². The molecule has 5 N–H and O–H groups in total. The summed E-state index contributed by atoms with van der Waals surface area (Å²) in [6, 6.07) is 15.8. The third-order valence-corrected chi connectivity index (χ3v) is 8.03. The van der Waals surface area contributed by atoms with Gasteiger partial charge in [0.05, 0.1) is 36.1 Å². The van der Waals surface area contributed by atoms with Gasteiger partial charge in [-0.3, -0.25) is 15.1 Å². The lowest BCUT2D eigenvalue weighted by molar-refractivity contribution is 0.0923. The first-order valence-corrected chi connectivity index (χ1v) is 13.5. The van der Waals surface area contributed by atoms with Gasteiger partial charge in [-0.2, -0.15) is 0 Å². The Balaban J connectivity index is 1.20. The van der Waals surface area contributed by atoms with Crippen LogP contribution in [0.15, 0.2) is 67.0 Å². The van der Waals surface area contributed by atoms with Crippen LogP contribution in [0.4, 0.5) is 10.1 Å².